The molecule has 0 aromatic heterocycles. The lowest BCUT2D eigenvalue weighted by Crippen LogP contribution is -2.06. The van der Waals surface area contributed by atoms with Crippen LogP contribution in [0.15, 0.2) is 0 Å². The van der Waals surface area contributed by atoms with E-state index in [0.29, 0.717) is 6.61 Å². The molecule has 1 aliphatic carbocycles. The Kier molecular flexibility index (Phi) is 1.96. The number of carbonyl (C=O) groups is 1. The molecule has 0 aliphatic heterocycles. The summed E-state index contributed by atoms with van der Waals surface area (Å²) in [6.45, 7) is 2.25. The van der Waals surface area contributed by atoms with E-state index in [2.05, 4.69) is 5.92 Å². The minimum atomic E-state index is -0.134. The van der Waals surface area contributed by atoms with Gasteiger partial charge < -0.3 is 4.74 Å². The molecule has 0 heterocycles. The summed E-state index contributed by atoms with van der Waals surface area (Å²) in [6.07, 6.45) is 5.92. The Morgan fingerprint density at radius 1 is 1.90 bits per heavy atom. The second kappa shape index (κ2) is 2.74. The van der Waals surface area contributed by atoms with E-state index in [1.54, 1.807) is 6.92 Å². The van der Waals surface area contributed by atoms with E-state index in [9.17, 15) is 4.79 Å². The Labute approximate surface area is 60.6 Å². The maximum absolute atomic E-state index is 10.9. The van der Waals surface area contributed by atoms with Crippen LogP contribution in [-0.4, -0.2) is 12.6 Å². The van der Waals surface area contributed by atoms with Crippen LogP contribution in [0.1, 0.15) is 13.3 Å². The fourth-order valence-electron chi connectivity index (χ4n) is 0.889. The Balaban J connectivity index is 2.27. The minimum Gasteiger partial charge on any atom is -0.466 e. The highest BCUT2D eigenvalue weighted by molar-refractivity contribution is 5.76. The van der Waals surface area contributed by atoms with E-state index in [1.165, 1.54) is 0 Å². The van der Waals surface area contributed by atoms with Gasteiger partial charge in [0.1, 0.15) is 0 Å². The highest BCUT2D eigenvalue weighted by atomic mass is 16.5. The van der Waals surface area contributed by atoms with Crippen LogP contribution < -0.4 is 0 Å². The van der Waals surface area contributed by atoms with Crippen LogP contribution >= 0.6 is 0 Å². The zero-order chi connectivity index (χ0) is 7.56. The molecule has 0 spiro atoms. The van der Waals surface area contributed by atoms with Gasteiger partial charge in [-0.05, 0) is 13.3 Å². The van der Waals surface area contributed by atoms with Gasteiger partial charge in [-0.1, -0.05) is 0 Å². The lowest BCUT2D eigenvalue weighted by molar-refractivity contribution is -0.144. The van der Waals surface area contributed by atoms with Gasteiger partial charge in [0, 0.05) is 5.92 Å². The van der Waals surface area contributed by atoms with Crippen molar-refractivity contribution in [3.05, 3.63) is 0 Å². The van der Waals surface area contributed by atoms with Crippen LogP contribution in [0.4, 0.5) is 0 Å². The molecule has 2 nitrogen and oxygen atoms in total. The third-order valence-corrected chi connectivity index (χ3v) is 1.59. The Morgan fingerprint density at radius 2 is 2.60 bits per heavy atom. The van der Waals surface area contributed by atoms with Crippen molar-refractivity contribution < 1.29 is 9.53 Å². The topological polar surface area (TPSA) is 26.3 Å². The molecule has 2 atom stereocenters. The molecule has 0 aromatic rings. The molecule has 1 fully saturated rings. The van der Waals surface area contributed by atoms with Crippen LogP contribution in [0.3, 0.4) is 0 Å². The summed E-state index contributed by atoms with van der Waals surface area (Å²) >= 11 is 0. The molecule has 0 radical (unpaired) electrons. The van der Waals surface area contributed by atoms with Gasteiger partial charge in [-0.15, -0.1) is 12.3 Å². The lowest BCUT2D eigenvalue weighted by Gasteiger charge is -1.96. The Hall–Kier alpha value is -0.970. The number of carbonyl (C=O) groups excluding carboxylic acids is 1. The SMILES string of the molecule is C#CC1CC1C(=O)OCC. The van der Waals surface area contributed by atoms with Crippen LogP contribution in [0.5, 0.6) is 0 Å². The van der Waals surface area contributed by atoms with Crippen molar-refractivity contribution in [1.82, 2.24) is 0 Å². The molecule has 0 N–H and O–H groups in total. The van der Waals surface area contributed by atoms with Crippen LogP contribution in [0, 0.1) is 24.2 Å². The summed E-state index contributed by atoms with van der Waals surface area (Å²) in [4.78, 5) is 10.9. The zero-order valence-electron chi connectivity index (χ0n) is 5.96. The van der Waals surface area contributed by atoms with Crippen molar-refractivity contribution in [2.45, 2.75) is 13.3 Å². The monoisotopic (exact) mass is 138 g/mol. The second-order valence-corrected chi connectivity index (χ2v) is 2.37. The van der Waals surface area contributed by atoms with Crippen LogP contribution in [-0.2, 0) is 9.53 Å². The number of hydrogen-bond donors (Lipinski definition) is 0. The Morgan fingerprint density at radius 3 is 3.00 bits per heavy atom. The number of hydrogen-bond acceptors (Lipinski definition) is 2. The normalized spacial score (nSPS) is 28.8. The van der Waals surface area contributed by atoms with E-state index < -0.39 is 0 Å². The molecule has 1 aliphatic rings. The number of terminal acetylenes is 1. The summed E-state index contributed by atoms with van der Waals surface area (Å²) in [5.41, 5.74) is 0. The largest absolute Gasteiger partial charge is 0.466 e. The van der Waals surface area contributed by atoms with Gasteiger partial charge in [0.2, 0.25) is 0 Å². The molecule has 1 rings (SSSR count). The minimum absolute atomic E-state index is 0.00458. The quantitative estimate of drug-likeness (QED) is 0.417. The molecule has 0 aromatic carbocycles. The molecular formula is C8H10O2. The van der Waals surface area contributed by atoms with Gasteiger partial charge in [0.15, 0.2) is 0 Å². The fourth-order valence-corrected chi connectivity index (χ4v) is 0.889. The Bertz CT molecular complexity index is 178. The predicted octanol–water partition coefficient (Wildman–Crippen LogP) is 0.819. The van der Waals surface area contributed by atoms with Crippen LogP contribution in [0.2, 0.25) is 0 Å². The standard InChI is InChI=1S/C8H10O2/c1-3-6-5-7(6)8(9)10-4-2/h1,6-7H,4-5H2,2H3. The highest BCUT2D eigenvalue weighted by Gasteiger charge is 2.42. The van der Waals surface area contributed by atoms with Gasteiger partial charge in [0.25, 0.3) is 0 Å². The number of rotatable bonds is 2. The van der Waals surface area contributed by atoms with Gasteiger partial charge in [-0.3, -0.25) is 4.79 Å². The summed E-state index contributed by atoms with van der Waals surface area (Å²) in [5.74, 6) is 2.55. The third kappa shape index (κ3) is 1.30. The third-order valence-electron chi connectivity index (χ3n) is 1.59. The van der Waals surface area contributed by atoms with E-state index >= 15 is 0 Å². The van der Waals surface area contributed by atoms with Crippen molar-refractivity contribution in [2.75, 3.05) is 6.61 Å². The molecule has 0 saturated heterocycles. The molecule has 2 unspecified atom stereocenters. The van der Waals surface area contributed by atoms with Crippen molar-refractivity contribution in [3.63, 3.8) is 0 Å². The van der Waals surface area contributed by atoms with E-state index in [1.807, 2.05) is 0 Å². The maximum atomic E-state index is 10.9. The molecule has 1 saturated carbocycles. The first kappa shape index (κ1) is 7.14. The molecular weight excluding hydrogens is 128 g/mol. The van der Waals surface area contributed by atoms with Crippen molar-refractivity contribution in [1.29, 1.82) is 0 Å². The van der Waals surface area contributed by atoms with Crippen LogP contribution in [0.25, 0.3) is 0 Å². The van der Waals surface area contributed by atoms with Crippen molar-refractivity contribution in [2.24, 2.45) is 11.8 Å². The van der Waals surface area contributed by atoms with E-state index in [0.717, 1.165) is 6.42 Å². The smallest absolute Gasteiger partial charge is 0.310 e. The summed E-state index contributed by atoms with van der Waals surface area (Å²) in [5, 5.41) is 0. The average Bonchev–Trinajstić information content (AvgIpc) is 2.66. The lowest BCUT2D eigenvalue weighted by atomic mass is 10.3. The second-order valence-electron chi connectivity index (χ2n) is 2.37. The first-order valence-electron chi connectivity index (χ1n) is 3.42. The first-order chi connectivity index (χ1) is 4.79. The zero-order valence-corrected chi connectivity index (χ0v) is 5.96. The summed E-state index contributed by atoms with van der Waals surface area (Å²) in [6, 6.07) is 0. The average molecular weight is 138 g/mol. The maximum Gasteiger partial charge on any atom is 0.310 e. The van der Waals surface area contributed by atoms with Gasteiger partial charge >= 0.3 is 5.97 Å². The number of ether oxygens (including phenoxy) is 1. The van der Waals surface area contributed by atoms with Crippen molar-refractivity contribution in [3.8, 4) is 12.3 Å². The molecule has 0 amide bonds. The molecule has 0 bridgehead atoms. The molecule has 54 valence electrons. The predicted molar refractivity (Wildman–Crippen MR) is 37.1 cm³/mol. The summed E-state index contributed by atoms with van der Waals surface area (Å²) < 4.78 is 4.76. The highest BCUT2D eigenvalue weighted by Crippen LogP contribution is 2.38. The molecule has 2 heteroatoms. The van der Waals surface area contributed by atoms with E-state index in [4.69, 9.17) is 11.2 Å². The number of esters is 1. The van der Waals surface area contributed by atoms with Crippen molar-refractivity contribution >= 4 is 5.97 Å². The van der Waals surface area contributed by atoms with Gasteiger partial charge in [-0.25, -0.2) is 0 Å². The molecule has 10 heavy (non-hydrogen) atoms. The summed E-state index contributed by atoms with van der Waals surface area (Å²) in [7, 11) is 0. The van der Waals surface area contributed by atoms with E-state index in [-0.39, 0.29) is 17.8 Å². The first-order valence-corrected chi connectivity index (χ1v) is 3.42. The fraction of sp³-hybridized carbons (Fsp3) is 0.625. The van der Waals surface area contributed by atoms with Gasteiger partial charge in [0.05, 0.1) is 12.5 Å². The van der Waals surface area contributed by atoms with Gasteiger partial charge in [-0.2, -0.15) is 0 Å².